The number of nitrogens with one attached hydrogen (secondary N) is 1. The second-order valence-corrected chi connectivity index (χ2v) is 7.77. The molecule has 2 atom stereocenters. The highest BCUT2D eigenvalue weighted by Gasteiger charge is 2.47. The molecule has 9 nitrogen and oxygen atoms in total. The summed E-state index contributed by atoms with van der Waals surface area (Å²) >= 11 is 0. The van der Waals surface area contributed by atoms with Crippen molar-refractivity contribution in [2.75, 3.05) is 27.9 Å². The number of rotatable bonds is 8. The fourth-order valence-corrected chi connectivity index (χ4v) is 4.28. The predicted molar refractivity (Wildman–Crippen MR) is 117 cm³/mol. The zero-order chi connectivity index (χ0) is 23.5. The number of hydrogen-bond donors (Lipinski definition) is 1. The van der Waals surface area contributed by atoms with Crippen molar-refractivity contribution < 1.29 is 33.3 Å². The summed E-state index contributed by atoms with van der Waals surface area (Å²) in [5.74, 6) is 0.252. The van der Waals surface area contributed by atoms with Gasteiger partial charge in [-0.3, -0.25) is 14.5 Å². The molecule has 2 unspecified atom stereocenters. The maximum atomic E-state index is 13.0. The van der Waals surface area contributed by atoms with E-state index in [1.165, 1.54) is 19.1 Å². The van der Waals surface area contributed by atoms with E-state index in [0.717, 1.165) is 11.3 Å². The Morgan fingerprint density at radius 2 is 1.82 bits per heavy atom. The Hall–Kier alpha value is -3.75. The van der Waals surface area contributed by atoms with E-state index in [1.807, 2.05) is 24.3 Å². The number of nitrogens with zero attached hydrogens (tertiary/aromatic N) is 1. The van der Waals surface area contributed by atoms with Gasteiger partial charge in [0.1, 0.15) is 17.4 Å². The van der Waals surface area contributed by atoms with Gasteiger partial charge in [-0.05, 0) is 42.7 Å². The van der Waals surface area contributed by atoms with Crippen LogP contribution in [0.3, 0.4) is 0 Å². The summed E-state index contributed by atoms with van der Waals surface area (Å²) in [7, 11) is 4.51. The van der Waals surface area contributed by atoms with E-state index < -0.39 is 18.2 Å². The molecule has 1 N–H and O–H groups in total. The summed E-state index contributed by atoms with van der Waals surface area (Å²) in [6, 6.07) is 10.2. The van der Waals surface area contributed by atoms with Crippen LogP contribution in [0, 0.1) is 0 Å². The van der Waals surface area contributed by atoms with E-state index in [1.54, 1.807) is 19.2 Å². The van der Waals surface area contributed by atoms with E-state index in [9.17, 15) is 14.4 Å². The zero-order valence-electron chi connectivity index (χ0n) is 18.8. The minimum atomic E-state index is -0.986. The first kappa shape index (κ1) is 22.4. The third kappa shape index (κ3) is 4.18. The fourth-order valence-electron chi connectivity index (χ4n) is 4.28. The third-order valence-electron chi connectivity index (χ3n) is 5.95. The minimum absolute atomic E-state index is 0.202. The van der Waals surface area contributed by atoms with Gasteiger partial charge in [-0.1, -0.05) is 12.1 Å². The number of carbonyl (C=O) groups is 3. The molecule has 2 amide bonds. The first-order chi connectivity index (χ1) is 16.0. The maximum Gasteiger partial charge on any atom is 0.344 e. The van der Waals surface area contributed by atoms with Gasteiger partial charge in [0.05, 0.1) is 21.3 Å². The number of methoxy groups -OCH3 is 3. The zero-order valence-corrected chi connectivity index (χ0v) is 18.8. The largest absolute Gasteiger partial charge is 0.497 e. The first-order valence-electron chi connectivity index (χ1n) is 10.7. The monoisotopic (exact) mass is 454 g/mol. The molecule has 0 radical (unpaired) electrons. The molecule has 1 saturated heterocycles. The Balaban J connectivity index is 1.48. The second-order valence-electron chi connectivity index (χ2n) is 7.77. The maximum absolute atomic E-state index is 13.0. The summed E-state index contributed by atoms with van der Waals surface area (Å²) < 4.78 is 21.3. The van der Waals surface area contributed by atoms with Gasteiger partial charge in [-0.15, -0.1) is 0 Å². The van der Waals surface area contributed by atoms with E-state index in [0.29, 0.717) is 30.7 Å². The fraction of sp³-hybridized carbons (Fsp3) is 0.375. The number of amides is 2. The molecule has 0 bridgehead atoms. The molecule has 0 aromatic heterocycles. The van der Waals surface area contributed by atoms with Crippen LogP contribution in [0.2, 0.25) is 0 Å². The van der Waals surface area contributed by atoms with Crippen LogP contribution in [0.4, 0.5) is 0 Å². The summed E-state index contributed by atoms with van der Waals surface area (Å²) in [5, 5.41) is 2.90. The molecule has 2 heterocycles. The number of carbonyl (C=O) groups excluding carboxylic acids is 3. The van der Waals surface area contributed by atoms with Crippen LogP contribution in [0.5, 0.6) is 17.2 Å². The molecular weight excluding hydrogens is 428 g/mol. The van der Waals surface area contributed by atoms with Crippen LogP contribution in [-0.2, 0) is 20.7 Å². The molecule has 33 heavy (non-hydrogen) atoms. The predicted octanol–water partition coefficient (Wildman–Crippen LogP) is 2.23. The molecule has 0 saturated carbocycles. The number of ether oxygens (including phenoxy) is 4. The summed E-state index contributed by atoms with van der Waals surface area (Å²) in [4.78, 5) is 39.7. The Morgan fingerprint density at radius 3 is 2.48 bits per heavy atom. The number of cyclic esters (lactones) is 1. The highest BCUT2D eigenvalue weighted by Crippen LogP contribution is 2.45. The van der Waals surface area contributed by atoms with Crippen molar-refractivity contribution in [3.63, 3.8) is 0 Å². The van der Waals surface area contributed by atoms with Crippen molar-refractivity contribution >= 4 is 17.8 Å². The standard InChI is InChI=1S/C24H26N2O7/c1-30-15-6-4-14(5-7-15)12-13-25-22(28)17-9-11-19(27)26(17)23-16-8-10-18(31-2)21(32-3)20(16)24(29)33-23/h4-8,10,17,23H,9,11-13H2,1-3H3,(H,25,28). The van der Waals surface area contributed by atoms with E-state index in [4.69, 9.17) is 18.9 Å². The highest BCUT2D eigenvalue weighted by molar-refractivity contribution is 5.99. The van der Waals surface area contributed by atoms with E-state index in [2.05, 4.69) is 5.32 Å². The molecule has 2 aromatic rings. The Bertz CT molecular complexity index is 1070. The number of likely N-dealkylation sites (tertiary alicyclic amines) is 1. The molecular formula is C24H26N2O7. The van der Waals surface area contributed by atoms with Gasteiger partial charge >= 0.3 is 5.97 Å². The van der Waals surface area contributed by atoms with Gasteiger partial charge in [0, 0.05) is 18.5 Å². The molecule has 0 spiro atoms. The SMILES string of the molecule is COc1ccc(CCNC(=O)C2CCC(=O)N2C2OC(=O)c3c2ccc(OC)c3OC)cc1. The molecule has 9 heteroatoms. The van der Waals surface area contributed by atoms with Crippen molar-refractivity contribution in [2.45, 2.75) is 31.5 Å². The van der Waals surface area contributed by atoms with Crippen LogP contribution in [0.25, 0.3) is 0 Å². The lowest BCUT2D eigenvalue weighted by molar-refractivity contribution is -0.145. The Kier molecular flexibility index (Phi) is 6.39. The summed E-state index contributed by atoms with van der Waals surface area (Å²) in [6.45, 7) is 0.412. The van der Waals surface area contributed by atoms with Crippen LogP contribution < -0.4 is 19.5 Å². The van der Waals surface area contributed by atoms with Gasteiger partial charge < -0.3 is 24.3 Å². The Morgan fingerprint density at radius 1 is 1.06 bits per heavy atom. The van der Waals surface area contributed by atoms with E-state index >= 15 is 0 Å². The van der Waals surface area contributed by atoms with Gasteiger partial charge in [-0.25, -0.2) is 4.79 Å². The number of fused-ring (bicyclic) bond motifs is 1. The van der Waals surface area contributed by atoms with E-state index in [-0.39, 0.29) is 29.5 Å². The topological polar surface area (TPSA) is 103 Å². The lowest BCUT2D eigenvalue weighted by Crippen LogP contribution is -2.46. The normalized spacial score (nSPS) is 19.2. The number of hydrogen-bond acceptors (Lipinski definition) is 7. The molecule has 2 aliphatic rings. The molecule has 1 fully saturated rings. The van der Waals surface area contributed by atoms with Gasteiger partial charge in [0.15, 0.2) is 11.5 Å². The van der Waals surface area contributed by atoms with Crippen LogP contribution in [0.15, 0.2) is 36.4 Å². The van der Waals surface area contributed by atoms with Crippen molar-refractivity contribution in [3.05, 3.63) is 53.1 Å². The van der Waals surface area contributed by atoms with Crippen molar-refractivity contribution in [2.24, 2.45) is 0 Å². The van der Waals surface area contributed by atoms with Gasteiger partial charge in [-0.2, -0.15) is 0 Å². The molecule has 2 aromatic carbocycles. The minimum Gasteiger partial charge on any atom is -0.497 e. The summed E-state index contributed by atoms with van der Waals surface area (Å²) in [6.07, 6.45) is 0.200. The van der Waals surface area contributed by atoms with Crippen molar-refractivity contribution in [1.82, 2.24) is 10.2 Å². The lowest BCUT2D eigenvalue weighted by atomic mass is 10.0. The highest BCUT2D eigenvalue weighted by atomic mass is 16.6. The average Bonchev–Trinajstić information content (AvgIpc) is 3.38. The van der Waals surface area contributed by atoms with Crippen LogP contribution >= 0.6 is 0 Å². The van der Waals surface area contributed by atoms with Crippen molar-refractivity contribution in [3.8, 4) is 17.2 Å². The second kappa shape index (κ2) is 9.40. The van der Waals surface area contributed by atoms with Crippen molar-refractivity contribution in [1.29, 1.82) is 0 Å². The van der Waals surface area contributed by atoms with Gasteiger partial charge in [0.2, 0.25) is 18.0 Å². The van der Waals surface area contributed by atoms with Crippen LogP contribution in [0.1, 0.15) is 40.6 Å². The molecule has 174 valence electrons. The van der Waals surface area contributed by atoms with Crippen LogP contribution in [-0.4, -0.2) is 56.6 Å². The third-order valence-corrected chi connectivity index (χ3v) is 5.95. The van der Waals surface area contributed by atoms with Gasteiger partial charge in [0.25, 0.3) is 0 Å². The summed E-state index contributed by atoms with van der Waals surface area (Å²) in [5.41, 5.74) is 1.74. The quantitative estimate of drug-likeness (QED) is 0.610. The number of benzene rings is 2. The smallest absolute Gasteiger partial charge is 0.344 e. The lowest BCUT2D eigenvalue weighted by Gasteiger charge is -2.29. The molecule has 0 aliphatic carbocycles. The molecule has 4 rings (SSSR count). The number of esters is 1. The molecule has 2 aliphatic heterocycles. The Labute approximate surface area is 191 Å². The first-order valence-corrected chi connectivity index (χ1v) is 10.7. The average molecular weight is 454 g/mol.